The van der Waals surface area contributed by atoms with E-state index in [4.69, 9.17) is 0 Å². The van der Waals surface area contributed by atoms with Gasteiger partial charge in [-0.1, -0.05) is 18.2 Å². The molecule has 0 aliphatic heterocycles. The monoisotopic (exact) mass is 381 g/mol. The molecule has 4 rings (SSSR count). The topological polar surface area (TPSA) is 63.6 Å². The van der Waals surface area contributed by atoms with Crippen molar-refractivity contribution in [2.24, 2.45) is 0 Å². The lowest BCUT2D eigenvalue weighted by Gasteiger charge is -2.10. The van der Waals surface area contributed by atoms with Crippen LogP contribution >= 0.6 is 0 Å². The number of aromatic nitrogens is 4. The first-order chi connectivity index (χ1) is 13.4. The zero-order valence-electron chi connectivity index (χ0n) is 14.7. The van der Waals surface area contributed by atoms with E-state index >= 15 is 0 Å². The maximum absolute atomic E-state index is 12.7. The molecule has 0 aliphatic carbocycles. The molecule has 1 N–H and O–H groups in total. The second-order valence-electron chi connectivity index (χ2n) is 6.25. The van der Waals surface area contributed by atoms with Crippen molar-refractivity contribution in [3.05, 3.63) is 72.1 Å². The van der Waals surface area contributed by atoms with E-state index in [9.17, 15) is 13.2 Å². The lowest BCUT2D eigenvalue weighted by Crippen LogP contribution is -2.04. The Balaban J connectivity index is 1.66. The summed E-state index contributed by atoms with van der Waals surface area (Å²) in [5.41, 5.74) is 2.89. The number of alkyl halides is 3. The third-order valence-electron chi connectivity index (χ3n) is 4.21. The normalized spacial score (nSPS) is 11.6. The van der Waals surface area contributed by atoms with E-state index < -0.39 is 11.7 Å². The minimum absolute atomic E-state index is 0.472. The first-order valence-electron chi connectivity index (χ1n) is 8.40. The summed E-state index contributed by atoms with van der Waals surface area (Å²) in [6, 6.07) is 14.2. The quantitative estimate of drug-likeness (QED) is 0.531. The molecule has 2 aromatic carbocycles. The van der Waals surface area contributed by atoms with Crippen LogP contribution in [0.5, 0.6) is 0 Å². The molecule has 4 aromatic rings. The second-order valence-corrected chi connectivity index (χ2v) is 6.25. The van der Waals surface area contributed by atoms with Gasteiger partial charge in [-0.25, -0.2) is 0 Å². The van der Waals surface area contributed by atoms with Crippen molar-refractivity contribution in [2.45, 2.75) is 13.1 Å². The molecule has 0 spiro atoms. The van der Waals surface area contributed by atoms with E-state index in [1.165, 1.54) is 18.3 Å². The molecule has 0 unspecified atom stereocenters. The molecule has 0 radical (unpaired) electrons. The number of nitrogens with zero attached hydrogens (tertiary/aromatic N) is 4. The summed E-state index contributed by atoms with van der Waals surface area (Å²) in [6.45, 7) is 1.86. The Hall–Kier alpha value is -3.55. The molecule has 140 valence electrons. The van der Waals surface area contributed by atoms with Crippen LogP contribution in [-0.4, -0.2) is 20.4 Å². The van der Waals surface area contributed by atoms with Crippen LogP contribution in [0.15, 0.2) is 60.8 Å². The van der Waals surface area contributed by atoms with Crippen molar-refractivity contribution in [2.75, 3.05) is 5.32 Å². The average molecular weight is 381 g/mol. The number of anilines is 2. The van der Waals surface area contributed by atoms with Crippen LogP contribution in [0.25, 0.3) is 22.0 Å². The third kappa shape index (κ3) is 3.62. The number of rotatable bonds is 3. The highest BCUT2D eigenvalue weighted by Crippen LogP contribution is 2.31. The summed E-state index contributed by atoms with van der Waals surface area (Å²) in [5, 5.41) is 20.3. The van der Waals surface area contributed by atoms with Crippen LogP contribution in [0.3, 0.4) is 0 Å². The van der Waals surface area contributed by atoms with E-state index in [0.29, 0.717) is 16.9 Å². The Morgan fingerprint density at radius 2 is 1.64 bits per heavy atom. The van der Waals surface area contributed by atoms with Gasteiger partial charge in [-0.15, -0.1) is 5.10 Å². The fraction of sp³-hybridized carbons (Fsp3) is 0.100. The Morgan fingerprint density at radius 1 is 0.857 bits per heavy atom. The molecular weight excluding hydrogens is 367 g/mol. The van der Waals surface area contributed by atoms with Gasteiger partial charge in [-0.3, -0.25) is 0 Å². The Kier molecular flexibility index (Phi) is 4.38. The maximum Gasteiger partial charge on any atom is 0.416 e. The summed E-state index contributed by atoms with van der Waals surface area (Å²) in [7, 11) is 0. The van der Waals surface area contributed by atoms with Crippen LogP contribution in [0, 0.1) is 6.92 Å². The van der Waals surface area contributed by atoms with Crippen molar-refractivity contribution in [1.82, 2.24) is 20.4 Å². The lowest BCUT2D eigenvalue weighted by molar-refractivity contribution is -0.137. The van der Waals surface area contributed by atoms with Crippen molar-refractivity contribution >= 4 is 22.4 Å². The first-order valence-corrected chi connectivity index (χ1v) is 8.40. The number of hydrogen-bond donors (Lipinski definition) is 1. The van der Waals surface area contributed by atoms with Gasteiger partial charge in [0, 0.05) is 16.6 Å². The molecule has 0 amide bonds. The van der Waals surface area contributed by atoms with E-state index in [-0.39, 0.29) is 0 Å². The van der Waals surface area contributed by atoms with Gasteiger partial charge >= 0.3 is 6.18 Å². The van der Waals surface area contributed by atoms with Gasteiger partial charge in [0.2, 0.25) is 0 Å². The molecule has 2 heterocycles. The second kappa shape index (κ2) is 6.88. The van der Waals surface area contributed by atoms with E-state index in [1.54, 1.807) is 6.07 Å². The van der Waals surface area contributed by atoms with E-state index in [2.05, 4.69) is 25.7 Å². The summed E-state index contributed by atoms with van der Waals surface area (Å²) >= 11 is 0. The molecule has 0 saturated heterocycles. The van der Waals surface area contributed by atoms with E-state index in [0.717, 1.165) is 34.4 Å². The van der Waals surface area contributed by atoms with Gasteiger partial charge in [0.25, 0.3) is 0 Å². The van der Waals surface area contributed by atoms with Gasteiger partial charge in [0.05, 0.1) is 23.0 Å². The molecule has 0 saturated carbocycles. The van der Waals surface area contributed by atoms with E-state index in [1.807, 2.05) is 31.2 Å². The molecule has 28 heavy (non-hydrogen) atoms. The van der Waals surface area contributed by atoms with Crippen LogP contribution < -0.4 is 5.32 Å². The predicted octanol–water partition coefficient (Wildman–Crippen LogP) is 5.16. The summed E-state index contributed by atoms with van der Waals surface area (Å²) in [6.07, 6.45) is -2.86. The fourth-order valence-corrected chi connectivity index (χ4v) is 2.85. The molecular formula is C20H14F3N5. The summed E-state index contributed by atoms with van der Waals surface area (Å²) in [5.74, 6) is 0.472. The van der Waals surface area contributed by atoms with Crippen LogP contribution in [0.1, 0.15) is 11.3 Å². The molecule has 5 nitrogen and oxygen atoms in total. The Labute approximate surface area is 158 Å². The van der Waals surface area contributed by atoms with Crippen molar-refractivity contribution in [3.8, 4) is 11.1 Å². The molecule has 0 fully saturated rings. The highest BCUT2D eigenvalue weighted by Gasteiger charge is 2.29. The molecule has 8 heteroatoms. The molecule has 0 aliphatic rings. The smallest absolute Gasteiger partial charge is 0.338 e. The third-order valence-corrected chi connectivity index (χ3v) is 4.21. The van der Waals surface area contributed by atoms with Crippen LogP contribution in [0.4, 0.5) is 24.7 Å². The van der Waals surface area contributed by atoms with Crippen LogP contribution in [0.2, 0.25) is 0 Å². The standard InChI is InChI=1S/C20H14F3N5/c1-12-9-16-17(3-2-4-18(16)27-26-12)25-19-10-14(11-24-28-19)13-5-7-15(8-6-13)20(21,22)23/h2-11H,1H3,(H,25,28). The van der Waals surface area contributed by atoms with Gasteiger partial charge in [-0.2, -0.15) is 28.5 Å². The number of hydrogen-bond acceptors (Lipinski definition) is 5. The highest BCUT2D eigenvalue weighted by atomic mass is 19.4. The van der Waals surface area contributed by atoms with Crippen molar-refractivity contribution in [1.29, 1.82) is 0 Å². The maximum atomic E-state index is 12.7. The summed E-state index contributed by atoms with van der Waals surface area (Å²) in [4.78, 5) is 0. The zero-order chi connectivity index (χ0) is 19.7. The van der Waals surface area contributed by atoms with Gasteiger partial charge < -0.3 is 5.32 Å². The number of halogens is 3. The largest absolute Gasteiger partial charge is 0.416 e. The minimum Gasteiger partial charge on any atom is -0.338 e. The Bertz CT molecular complexity index is 1140. The number of nitrogens with one attached hydrogen (secondary N) is 1. The van der Waals surface area contributed by atoms with Crippen molar-refractivity contribution < 1.29 is 13.2 Å². The molecule has 0 atom stereocenters. The van der Waals surface area contributed by atoms with Gasteiger partial charge in [0.1, 0.15) is 0 Å². The minimum atomic E-state index is -4.36. The van der Waals surface area contributed by atoms with Gasteiger partial charge in [0.15, 0.2) is 5.82 Å². The van der Waals surface area contributed by atoms with Crippen molar-refractivity contribution in [3.63, 3.8) is 0 Å². The zero-order valence-corrected chi connectivity index (χ0v) is 14.7. The number of aryl methyl sites for hydroxylation is 1. The number of fused-ring (bicyclic) bond motifs is 1. The molecule has 2 aromatic heterocycles. The molecule has 0 bridgehead atoms. The average Bonchev–Trinajstić information content (AvgIpc) is 2.68. The summed E-state index contributed by atoms with van der Waals surface area (Å²) < 4.78 is 38.2. The first kappa shape index (κ1) is 17.8. The van der Waals surface area contributed by atoms with Crippen LogP contribution in [-0.2, 0) is 6.18 Å². The van der Waals surface area contributed by atoms with Gasteiger partial charge in [-0.05, 0) is 48.9 Å². The highest BCUT2D eigenvalue weighted by molar-refractivity contribution is 5.92. The predicted molar refractivity (Wildman–Crippen MR) is 100 cm³/mol. The Morgan fingerprint density at radius 3 is 2.39 bits per heavy atom. The lowest BCUT2D eigenvalue weighted by atomic mass is 10.1. The SMILES string of the molecule is Cc1cc2c(Nc3cc(-c4ccc(C(F)(F)F)cc4)cnn3)cccc2nn1. The number of benzene rings is 2. The fourth-order valence-electron chi connectivity index (χ4n) is 2.85.